The fourth-order valence-electron chi connectivity index (χ4n) is 3.36. The Kier molecular flexibility index (Phi) is 6.84. The van der Waals surface area contributed by atoms with Crippen LogP contribution in [0, 0.1) is 4.77 Å². The molecule has 0 aliphatic carbocycles. The van der Waals surface area contributed by atoms with E-state index < -0.39 is 12.1 Å². The molecule has 13 heteroatoms. The number of amides is 5. The van der Waals surface area contributed by atoms with Crippen LogP contribution in [-0.2, 0) is 14.4 Å². The molecule has 5 amide bonds. The standard InChI is InChI=1S/C21H21N7O4S2/c1-12(28-18(25-26-21(28)33)15-3-2-10-34-15)19(31)24-14-6-4-13(5-7-14)23-16(29)8-9-27-17(30)11-22-20(27)32/h2-7,10,12H,8-9,11H2,1H3,(H,22,32)(H,23,29)(H,24,31)(H,26,33). The van der Waals surface area contributed by atoms with Crippen LogP contribution >= 0.6 is 23.6 Å². The van der Waals surface area contributed by atoms with E-state index in [1.165, 1.54) is 11.3 Å². The normalized spacial score (nSPS) is 14.1. The number of H-pyrrole nitrogens is 1. The van der Waals surface area contributed by atoms with E-state index in [1.54, 1.807) is 35.8 Å². The maximum Gasteiger partial charge on any atom is 0.324 e. The zero-order valence-electron chi connectivity index (χ0n) is 18.0. The number of nitrogens with one attached hydrogen (secondary N) is 4. The first-order chi connectivity index (χ1) is 16.3. The van der Waals surface area contributed by atoms with Gasteiger partial charge in [0.1, 0.15) is 6.04 Å². The molecule has 1 aliphatic heterocycles. The number of urea groups is 1. The fourth-order valence-corrected chi connectivity index (χ4v) is 4.36. The molecule has 1 aliphatic rings. The van der Waals surface area contributed by atoms with Gasteiger partial charge in [0, 0.05) is 24.3 Å². The molecular weight excluding hydrogens is 478 g/mol. The van der Waals surface area contributed by atoms with Gasteiger partial charge in [-0.25, -0.2) is 4.79 Å². The van der Waals surface area contributed by atoms with E-state index in [4.69, 9.17) is 12.2 Å². The number of hydrogen-bond donors (Lipinski definition) is 4. The van der Waals surface area contributed by atoms with Crippen molar-refractivity contribution >= 4 is 58.7 Å². The predicted molar refractivity (Wildman–Crippen MR) is 129 cm³/mol. The van der Waals surface area contributed by atoms with E-state index >= 15 is 0 Å². The number of carbonyl (C=O) groups excluding carboxylic acids is 4. The highest BCUT2D eigenvalue weighted by atomic mass is 32.1. The first-order valence-corrected chi connectivity index (χ1v) is 11.6. The van der Waals surface area contributed by atoms with Crippen molar-refractivity contribution in [3.63, 3.8) is 0 Å². The summed E-state index contributed by atoms with van der Waals surface area (Å²) < 4.78 is 2.01. The van der Waals surface area contributed by atoms with E-state index in [1.807, 2.05) is 17.5 Å². The molecule has 0 spiro atoms. The van der Waals surface area contributed by atoms with Crippen molar-refractivity contribution in [2.45, 2.75) is 19.4 Å². The van der Waals surface area contributed by atoms with E-state index in [0.29, 0.717) is 22.0 Å². The minimum Gasteiger partial charge on any atom is -0.329 e. The van der Waals surface area contributed by atoms with Crippen molar-refractivity contribution in [1.29, 1.82) is 0 Å². The Morgan fingerprint density at radius 3 is 2.50 bits per heavy atom. The highest BCUT2D eigenvalue weighted by Crippen LogP contribution is 2.26. The van der Waals surface area contributed by atoms with Gasteiger partial charge >= 0.3 is 6.03 Å². The maximum absolute atomic E-state index is 12.9. The van der Waals surface area contributed by atoms with Gasteiger partial charge < -0.3 is 16.0 Å². The first-order valence-electron chi connectivity index (χ1n) is 10.3. The third-order valence-electron chi connectivity index (χ3n) is 5.15. The molecule has 2 aromatic heterocycles. The zero-order chi connectivity index (χ0) is 24.2. The van der Waals surface area contributed by atoms with Gasteiger partial charge in [0.2, 0.25) is 17.7 Å². The summed E-state index contributed by atoms with van der Waals surface area (Å²) in [6.45, 7) is 1.69. The van der Waals surface area contributed by atoms with Crippen LogP contribution in [0.1, 0.15) is 19.4 Å². The van der Waals surface area contributed by atoms with Gasteiger partial charge in [-0.05, 0) is 54.9 Å². The lowest BCUT2D eigenvalue weighted by molar-refractivity contribution is -0.125. The van der Waals surface area contributed by atoms with E-state index in [-0.39, 0.29) is 37.2 Å². The Labute approximate surface area is 203 Å². The number of rotatable bonds is 8. The number of imide groups is 1. The van der Waals surface area contributed by atoms with Crippen molar-refractivity contribution in [1.82, 2.24) is 25.0 Å². The number of aromatic nitrogens is 3. The molecule has 1 atom stereocenters. The summed E-state index contributed by atoms with van der Waals surface area (Å²) in [6.07, 6.45) is -0.0208. The molecule has 1 aromatic carbocycles. The predicted octanol–water partition coefficient (Wildman–Crippen LogP) is 2.75. The number of thiophene rings is 1. The van der Waals surface area contributed by atoms with Crippen LogP contribution in [-0.4, -0.2) is 56.5 Å². The molecule has 0 radical (unpaired) electrons. The minimum absolute atomic E-state index is 0.00646. The number of hydrogen-bond acceptors (Lipinski definition) is 7. The highest BCUT2D eigenvalue weighted by molar-refractivity contribution is 7.71. The summed E-state index contributed by atoms with van der Waals surface area (Å²) in [5.41, 5.74) is 1.06. The molecule has 176 valence electrons. The number of anilines is 2. The topological polar surface area (TPSA) is 141 Å². The summed E-state index contributed by atoms with van der Waals surface area (Å²) in [6, 6.07) is 9.30. The van der Waals surface area contributed by atoms with Gasteiger partial charge in [-0.2, -0.15) is 5.10 Å². The Bertz CT molecular complexity index is 1270. The highest BCUT2D eigenvalue weighted by Gasteiger charge is 2.28. The molecule has 0 bridgehead atoms. The Morgan fingerprint density at radius 1 is 1.18 bits per heavy atom. The SMILES string of the molecule is CC(C(=O)Nc1ccc(NC(=O)CCN2C(=O)CNC2=O)cc1)n1c(-c2cccs2)n[nH]c1=S. The second-order valence-corrected chi connectivity index (χ2v) is 8.78. The second kappa shape index (κ2) is 9.97. The molecule has 0 saturated carbocycles. The lowest BCUT2D eigenvalue weighted by Crippen LogP contribution is -2.33. The van der Waals surface area contributed by atoms with Crippen LogP contribution < -0.4 is 16.0 Å². The molecule has 1 unspecified atom stereocenters. The van der Waals surface area contributed by atoms with Crippen LogP contribution in [0.25, 0.3) is 10.7 Å². The third kappa shape index (κ3) is 5.05. The van der Waals surface area contributed by atoms with Crippen molar-refractivity contribution in [3.05, 3.63) is 46.5 Å². The van der Waals surface area contributed by atoms with Gasteiger partial charge in [0.15, 0.2) is 10.6 Å². The average molecular weight is 500 g/mol. The lowest BCUT2D eigenvalue weighted by Gasteiger charge is -2.15. The maximum atomic E-state index is 12.9. The fraction of sp³-hybridized carbons (Fsp3) is 0.238. The van der Waals surface area contributed by atoms with E-state index in [2.05, 4.69) is 26.1 Å². The van der Waals surface area contributed by atoms with Crippen LogP contribution in [0.5, 0.6) is 0 Å². The van der Waals surface area contributed by atoms with Crippen LogP contribution in [0.2, 0.25) is 0 Å². The molecule has 34 heavy (non-hydrogen) atoms. The first kappa shape index (κ1) is 23.3. The van der Waals surface area contributed by atoms with E-state index in [0.717, 1.165) is 9.78 Å². The Balaban J connectivity index is 1.34. The summed E-state index contributed by atoms with van der Waals surface area (Å²) in [5.74, 6) is -0.380. The van der Waals surface area contributed by atoms with Crippen molar-refractivity contribution in [2.75, 3.05) is 23.7 Å². The number of aromatic amines is 1. The van der Waals surface area contributed by atoms with Gasteiger partial charge in [0.25, 0.3) is 0 Å². The average Bonchev–Trinajstić information content (AvgIpc) is 3.54. The summed E-state index contributed by atoms with van der Waals surface area (Å²) in [5, 5.41) is 16.9. The Hall–Kier alpha value is -3.84. The number of nitrogens with zero attached hydrogens (tertiary/aromatic N) is 3. The smallest absolute Gasteiger partial charge is 0.324 e. The van der Waals surface area contributed by atoms with Crippen LogP contribution in [0.3, 0.4) is 0 Å². The molecule has 4 rings (SSSR count). The van der Waals surface area contributed by atoms with Crippen LogP contribution in [0.4, 0.5) is 16.2 Å². The van der Waals surface area contributed by atoms with Crippen molar-refractivity contribution < 1.29 is 19.2 Å². The molecule has 1 saturated heterocycles. The minimum atomic E-state index is -0.617. The molecule has 3 aromatic rings. The van der Waals surface area contributed by atoms with Crippen molar-refractivity contribution in [3.8, 4) is 10.7 Å². The molecular formula is C21H21N7O4S2. The molecule has 3 heterocycles. The second-order valence-electron chi connectivity index (χ2n) is 7.44. The molecule has 4 N–H and O–H groups in total. The zero-order valence-corrected chi connectivity index (χ0v) is 19.7. The van der Waals surface area contributed by atoms with Crippen LogP contribution in [0.15, 0.2) is 41.8 Å². The Morgan fingerprint density at radius 2 is 1.88 bits per heavy atom. The number of carbonyl (C=O) groups is 4. The van der Waals surface area contributed by atoms with E-state index in [9.17, 15) is 19.2 Å². The number of benzene rings is 1. The van der Waals surface area contributed by atoms with Gasteiger partial charge in [-0.3, -0.25) is 28.9 Å². The molecule has 11 nitrogen and oxygen atoms in total. The van der Waals surface area contributed by atoms with Crippen molar-refractivity contribution in [2.24, 2.45) is 0 Å². The summed E-state index contributed by atoms with van der Waals surface area (Å²) >= 11 is 6.82. The summed E-state index contributed by atoms with van der Waals surface area (Å²) in [7, 11) is 0. The van der Waals surface area contributed by atoms with Gasteiger partial charge in [-0.1, -0.05) is 6.07 Å². The quantitative estimate of drug-likeness (QED) is 0.277. The summed E-state index contributed by atoms with van der Waals surface area (Å²) in [4.78, 5) is 50.0. The van der Waals surface area contributed by atoms with Gasteiger partial charge in [-0.15, -0.1) is 11.3 Å². The molecule has 1 fully saturated rings. The largest absolute Gasteiger partial charge is 0.329 e. The van der Waals surface area contributed by atoms with Gasteiger partial charge in [0.05, 0.1) is 11.4 Å². The lowest BCUT2D eigenvalue weighted by atomic mass is 10.2. The monoisotopic (exact) mass is 499 g/mol. The third-order valence-corrected chi connectivity index (χ3v) is 6.30.